The summed E-state index contributed by atoms with van der Waals surface area (Å²) in [5.74, 6) is 2.57. The highest BCUT2D eigenvalue weighted by Crippen LogP contribution is 2.39. The topological polar surface area (TPSA) is 71.9 Å². The van der Waals surface area contributed by atoms with Crippen molar-refractivity contribution in [2.75, 3.05) is 12.4 Å². The molecule has 0 aliphatic carbocycles. The van der Waals surface area contributed by atoms with Crippen LogP contribution in [0.1, 0.15) is 44.8 Å². The zero-order chi connectivity index (χ0) is 13.9. The van der Waals surface area contributed by atoms with E-state index in [4.69, 9.17) is 14.5 Å². The quantitative estimate of drug-likeness (QED) is 0.790. The van der Waals surface area contributed by atoms with E-state index < -0.39 is 0 Å². The van der Waals surface area contributed by atoms with E-state index in [1.807, 2.05) is 0 Å². The van der Waals surface area contributed by atoms with Crippen molar-refractivity contribution in [3.8, 4) is 6.07 Å². The summed E-state index contributed by atoms with van der Waals surface area (Å²) in [6.07, 6.45) is 1.07. The first-order chi connectivity index (χ1) is 9.02. The molecule has 2 atom stereocenters. The van der Waals surface area contributed by atoms with Crippen molar-refractivity contribution >= 4 is 11.8 Å². The number of nitrogens with zero attached hydrogens (tertiary/aromatic N) is 3. The molecular weight excluding hydrogens is 262 g/mol. The Hall–Kier alpha value is -1.06. The minimum absolute atomic E-state index is 0.0670. The predicted octanol–water partition coefficient (Wildman–Crippen LogP) is 2.74. The zero-order valence-electron chi connectivity index (χ0n) is 11.5. The Morgan fingerprint density at radius 2 is 2.26 bits per heavy atom. The normalized spacial score (nSPS) is 23.5. The number of aromatic nitrogens is 2. The number of thioether (sulfide) groups is 1. The molecule has 1 aliphatic rings. The third-order valence-corrected chi connectivity index (χ3v) is 3.94. The monoisotopic (exact) mass is 281 g/mol. The molecule has 0 saturated carbocycles. The van der Waals surface area contributed by atoms with Gasteiger partial charge in [0.15, 0.2) is 5.82 Å². The molecule has 19 heavy (non-hydrogen) atoms. The lowest BCUT2D eigenvalue weighted by Crippen LogP contribution is -2.30. The molecule has 0 radical (unpaired) electrons. The fourth-order valence-corrected chi connectivity index (χ4v) is 2.85. The van der Waals surface area contributed by atoms with Crippen molar-refractivity contribution in [2.45, 2.75) is 45.0 Å². The van der Waals surface area contributed by atoms with E-state index in [1.54, 1.807) is 0 Å². The highest BCUT2D eigenvalue weighted by atomic mass is 32.2. The maximum atomic E-state index is 8.49. The SMILES string of the molecule is CC(C)(C)[C@H]1OCC[C@@H]1c1noc(CSCC#N)n1. The van der Waals surface area contributed by atoms with E-state index in [0.29, 0.717) is 17.4 Å². The minimum atomic E-state index is 0.0670. The second-order valence-corrected chi connectivity index (χ2v) is 6.74. The van der Waals surface area contributed by atoms with Crippen molar-refractivity contribution in [1.29, 1.82) is 5.26 Å². The lowest BCUT2D eigenvalue weighted by molar-refractivity contribution is 0.0193. The van der Waals surface area contributed by atoms with E-state index in [0.717, 1.165) is 18.9 Å². The number of rotatable bonds is 4. The average molecular weight is 281 g/mol. The lowest BCUT2D eigenvalue weighted by atomic mass is 9.81. The van der Waals surface area contributed by atoms with Crippen LogP contribution in [0.3, 0.4) is 0 Å². The van der Waals surface area contributed by atoms with E-state index in [1.165, 1.54) is 11.8 Å². The van der Waals surface area contributed by atoms with Crippen LogP contribution < -0.4 is 0 Å². The van der Waals surface area contributed by atoms with Gasteiger partial charge in [-0.15, -0.1) is 11.8 Å². The summed E-state index contributed by atoms with van der Waals surface area (Å²) in [7, 11) is 0. The second-order valence-electron chi connectivity index (χ2n) is 5.75. The van der Waals surface area contributed by atoms with Crippen molar-refractivity contribution in [2.24, 2.45) is 5.41 Å². The van der Waals surface area contributed by atoms with Gasteiger partial charge >= 0.3 is 0 Å². The van der Waals surface area contributed by atoms with Crippen molar-refractivity contribution < 1.29 is 9.26 Å². The van der Waals surface area contributed by atoms with E-state index in [9.17, 15) is 0 Å². The summed E-state index contributed by atoms with van der Waals surface area (Å²) in [6.45, 7) is 7.25. The van der Waals surface area contributed by atoms with Crippen LogP contribution in [0.25, 0.3) is 0 Å². The van der Waals surface area contributed by atoms with Crippen LogP contribution in [0.4, 0.5) is 0 Å². The highest BCUT2D eigenvalue weighted by molar-refractivity contribution is 7.98. The first kappa shape index (κ1) is 14.4. The lowest BCUT2D eigenvalue weighted by Gasteiger charge is -2.29. The fraction of sp³-hybridized carbons (Fsp3) is 0.769. The van der Waals surface area contributed by atoms with E-state index >= 15 is 0 Å². The maximum absolute atomic E-state index is 8.49. The average Bonchev–Trinajstić information content (AvgIpc) is 2.96. The highest BCUT2D eigenvalue weighted by Gasteiger charge is 2.40. The largest absolute Gasteiger partial charge is 0.377 e. The number of hydrogen-bond acceptors (Lipinski definition) is 6. The van der Waals surface area contributed by atoms with Gasteiger partial charge in [0.25, 0.3) is 0 Å². The van der Waals surface area contributed by atoms with Crippen LogP contribution in [0.2, 0.25) is 0 Å². The molecule has 0 aromatic carbocycles. The molecule has 1 aromatic heterocycles. The standard InChI is InChI=1S/C13H19N3O2S/c1-13(2,3)11-9(4-6-17-11)12-15-10(18-16-12)8-19-7-5-14/h9,11H,4,6-8H2,1-3H3/t9-,11-/m0/s1. The fourth-order valence-electron chi connectivity index (χ4n) is 2.37. The first-order valence-corrected chi connectivity index (χ1v) is 7.56. The second kappa shape index (κ2) is 5.93. The Balaban J connectivity index is 2.04. The molecule has 1 aromatic rings. The smallest absolute Gasteiger partial charge is 0.236 e. The van der Waals surface area contributed by atoms with Gasteiger partial charge in [0.05, 0.1) is 29.6 Å². The molecule has 6 heteroatoms. The minimum Gasteiger partial charge on any atom is -0.377 e. The van der Waals surface area contributed by atoms with Crippen LogP contribution in [-0.4, -0.2) is 28.6 Å². The molecule has 1 fully saturated rings. The van der Waals surface area contributed by atoms with Crippen molar-refractivity contribution in [1.82, 2.24) is 10.1 Å². The van der Waals surface area contributed by atoms with Crippen LogP contribution in [0.15, 0.2) is 4.52 Å². The molecule has 2 rings (SSSR count). The molecule has 0 unspecified atom stereocenters. The molecular formula is C13H19N3O2S. The Morgan fingerprint density at radius 3 is 2.95 bits per heavy atom. The van der Waals surface area contributed by atoms with E-state index in [2.05, 4.69) is 37.0 Å². The predicted molar refractivity (Wildman–Crippen MR) is 72.6 cm³/mol. The summed E-state index contributed by atoms with van der Waals surface area (Å²) >= 11 is 1.48. The molecule has 0 bridgehead atoms. The van der Waals surface area contributed by atoms with Gasteiger partial charge in [0.1, 0.15) is 0 Å². The third kappa shape index (κ3) is 3.48. The van der Waals surface area contributed by atoms with Crippen LogP contribution in [0, 0.1) is 16.7 Å². The maximum Gasteiger partial charge on any atom is 0.236 e. The van der Waals surface area contributed by atoms with Gasteiger partial charge < -0.3 is 9.26 Å². The number of hydrogen-bond donors (Lipinski definition) is 0. The summed E-state index contributed by atoms with van der Waals surface area (Å²) in [4.78, 5) is 4.44. The number of ether oxygens (including phenoxy) is 1. The molecule has 5 nitrogen and oxygen atoms in total. The Bertz CT molecular complexity index is 461. The Labute approximate surface area is 117 Å². The molecule has 104 valence electrons. The molecule has 1 aliphatic heterocycles. The van der Waals surface area contributed by atoms with Gasteiger partial charge in [-0.2, -0.15) is 10.2 Å². The summed E-state index contributed by atoms with van der Waals surface area (Å²) in [5.41, 5.74) is 0.0670. The Morgan fingerprint density at radius 1 is 1.47 bits per heavy atom. The number of nitriles is 1. The van der Waals surface area contributed by atoms with Gasteiger partial charge in [-0.25, -0.2) is 0 Å². The van der Waals surface area contributed by atoms with Crippen LogP contribution in [0.5, 0.6) is 0 Å². The van der Waals surface area contributed by atoms with Gasteiger partial charge in [0.2, 0.25) is 5.89 Å². The molecule has 2 heterocycles. The molecule has 1 saturated heterocycles. The van der Waals surface area contributed by atoms with Gasteiger partial charge in [0, 0.05) is 6.61 Å². The molecule has 0 N–H and O–H groups in total. The van der Waals surface area contributed by atoms with Crippen LogP contribution in [-0.2, 0) is 10.5 Å². The van der Waals surface area contributed by atoms with Crippen molar-refractivity contribution in [3.63, 3.8) is 0 Å². The van der Waals surface area contributed by atoms with Crippen molar-refractivity contribution in [3.05, 3.63) is 11.7 Å². The van der Waals surface area contributed by atoms with Crippen LogP contribution >= 0.6 is 11.8 Å². The zero-order valence-corrected chi connectivity index (χ0v) is 12.4. The van der Waals surface area contributed by atoms with E-state index in [-0.39, 0.29) is 17.4 Å². The molecule has 0 spiro atoms. The first-order valence-electron chi connectivity index (χ1n) is 6.41. The molecule has 0 amide bonds. The summed E-state index contributed by atoms with van der Waals surface area (Å²) in [5, 5.41) is 12.6. The Kier molecular flexibility index (Phi) is 4.48. The summed E-state index contributed by atoms with van der Waals surface area (Å²) < 4.78 is 11.1. The van der Waals surface area contributed by atoms with Gasteiger partial charge in [-0.05, 0) is 11.8 Å². The third-order valence-electron chi connectivity index (χ3n) is 3.15. The van der Waals surface area contributed by atoms with Gasteiger partial charge in [-0.3, -0.25) is 0 Å². The van der Waals surface area contributed by atoms with Gasteiger partial charge in [-0.1, -0.05) is 25.9 Å². The summed E-state index contributed by atoms with van der Waals surface area (Å²) in [6, 6.07) is 2.08.